The summed E-state index contributed by atoms with van der Waals surface area (Å²) in [5.74, 6) is -0.600. The normalized spacial score (nSPS) is 16.7. The van der Waals surface area contributed by atoms with Crippen molar-refractivity contribution in [1.29, 1.82) is 0 Å². The first-order valence-electron chi connectivity index (χ1n) is 4.94. The summed E-state index contributed by atoms with van der Waals surface area (Å²) >= 11 is 0. The first-order valence-corrected chi connectivity index (χ1v) is 6.49. The zero-order valence-electron chi connectivity index (χ0n) is 8.94. The van der Waals surface area contributed by atoms with Gasteiger partial charge in [-0.15, -0.1) is 0 Å². The third-order valence-electron chi connectivity index (χ3n) is 2.24. The zero-order valence-corrected chi connectivity index (χ0v) is 9.75. The molecule has 18 heavy (non-hydrogen) atoms. The predicted octanol–water partition coefficient (Wildman–Crippen LogP) is 1.29. The number of alkyl halides is 3. The van der Waals surface area contributed by atoms with Gasteiger partial charge in [0, 0.05) is 12.3 Å². The Hall–Kier alpha value is -1.35. The minimum absolute atomic E-state index is 0.316. The van der Waals surface area contributed by atoms with Crippen LogP contribution in [0.25, 0.3) is 0 Å². The second kappa shape index (κ2) is 4.09. The van der Waals surface area contributed by atoms with Crippen LogP contribution in [0.3, 0.4) is 0 Å². The molecule has 1 fully saturated rings. The lowest BCUT2D eigenvalue weighted by Crippen LogP contribution is -2.16. The predicted molar refractivity (Wildman–Crippen MR) is 54.3 cm³/mol. The summed E-state index contributed by atoms with van der Waals surface area (Å²) < 4.78 is 65.0. The Kier molecular flexibility index (Phi) is 2.98. The molecule has 0 radical (unpaired) electrons. The highest BCUT2D eigenvalue weighted by molar-refractivity contribution is 7.89. The third-order valence-corrected chi connectivity index (χ3v) is 3.12. The molecule has 2 N–H and O–H groups in total. The number of rotatable bonds is 3. The fourth-order valence-corrected chi connectivity index (χ4v) is 1.72. The highest BCUT2D eigenvalue weighted by Crippen LogP contribution is 2.38. The van der Waals surface area contributed by atoms with Crippen LogP contribution in [0.4, 0.5) is 13.2 Å². The number of aromatic nitrogens is 1. The summed E-state index contributed by atoms with van der Waals surface area (Å²) in [6, 6.07) is 0.753. The molecule has 1 aliphatic rings. The fourth-order valence-electron chi connectivity index (χ4n) is 1.25. The number of hydrogen-bond acceptors (Lipinski definition) is 4. The number of nitrogens with zero attached hydrogens (tertiary/aromatic N) is 1. The molecule has 0 aromatic carbocycles. The summed E-state index contributed by atoms with van der Waals surface area (Å²) in [6.07, 6.45) is -3.18. The van der Waals surface area contributed by atoms with Crippen LogP contribution in [0, 0.1) is 0 Å². The van der Waals surface area contributed by atoms with E-state index in [2.05, 4.69) is 4.98 Å². The zero-order chi connectivity index (χ0) is 13.6. The molecule has 2 rings (SSSR count). The molecule has 0 saturated heterocycles. The topological polar surface area (TPSA) is 82.3 Å². The summed E-state index contributed by atoms with van der Waals surface area (Å²) in [5, 5.41) is 4.83. The number of primary sulfonamides is 1. The minimum Gasteiger partial charge on any atom is -0.488 e. The molecule has 0 bridgehead atoms. The Balaban J connectivity index is 2.47. The Morgan fingerprint density at radius 3 is 2.44 bits per heavy atom. The summed E-state index contributed by atoms with van der Waals surface area (Å²) in [5.41, 5.74) is -1.25. The molecular formula is C9H9F3N2O3S. The van der Waals surface area contributed by atoms with E-state index >= 15 is 0 Å². The molecule has 0 unspecified atom stereocenters. The fraction of sp³-hybridized carbons (Fsp3) is 0.444. The van der Waals surface area contributed by atoms with Gasteiger partial charge < -0.3 is 4.74 Å². The van der Waals surface area contributed by atoms with Crippen LogP contribution in [0.5, 0.6) is 5.75 Å². The van der Waals surface area contributed by atoms with Crippen LogP contribution < -0.4 is 9.88 Å². The van der Waals surface area contributed by atoms with Crippen molar-refractivity contribution in [2.75, 3.05) is 0 Å². The molecule has 1 aliphatic carbocycles. The summed E-state index contributed by atoms with van der Waals surface area (Å²) in [4.78, 5) is 2.58. The average molecular weight is 282 g/mol. The lowest BCUT2D eigenvalue weighted by Gasteiger charge is -2.13. The quantitative estimate of drug-likeness (QED) is 0.905. The lowest BCUT2D eigenvalue weighted by atomic mass is 10.3. The van der Waals surface area contributed by atoms with E-state index in [1.807, 2.05) is 0 Å². The number of sulfonamides is 1. The molecular weight excluding hydrogens is 273 g/mol. The van der Waals surface area contributed by atoms with Crippen molar-refractivity contribution in [2.24, 2.45) is 5.14 Å². The smallest absolute Gasteiger partial charge is 0.437 e. The van der Waals surface area contributed by atoms with Gasteiger partial charge in [0.25, 0.3) is 0 Å². The van der Waals surface area contributed by atoms with E-state index in [-0.39, 0.29) is 6.10 Å². The van der Waals surface area contributed by atoms with Crippen molar-refractivity contribution >= 4 is 10.0 Å². The molecule has 0 spiro atoms. The van der Waals surface area contributed by atoms with Gasteiger partial charge in [-0.05, 0) is 12.8 Å². The monoisotopic (exact) mass is 282 g/mol. The third kappa shape index (κ3) is 2.91. The van der Waals surface area contributed by atoms with E-state index in [0.29, 0.717) is 19.0 Å². The van der Waals surface area contributed by atoms with Crippen LogP contribution in [0.2, 0.25) is 0 Å². The van der Waals surface area contributed by atoms with Crippen molar-refractivity contribution in [3.05, 3.63) is 18.0 Å². The maximum Gasteiger partial charge on any atom is 0.437 e. The van der Waals surface area contributed by atoms with Crippen LogP contribution >= 0.6 is 0 Å². The van der Waals surface area contributed by atoms with Crippen molar-refractivity contribution in [2.45, 2.75) is 30.0 Å². The minimum atomic E-state index is -4.71. The second-order valence-electron chi connectivity index (χ2n) is 3.88. The van der Waals surface area contributed by atoms with Crippen molar-refractivity contribution in [3.63, 3.8) is 0 Å². The molecule has 1 aromatic rings. The van der Waals surface area contributed by atoms with E-state index < -0.39 is 32.5 Å². The van der Waals surface area contributed by atoms with E-state index in [0.717, 1.165) is 6.07 Å². The highest BCUT2D eigenvalue weighted by atomic mass is 32.2. The van der Waals surface area contributed by atoms with Crippen LogP contribution in [-0.4, -0.2) is 19.5 Å². The molecule has 0 aliphatic heterocycles. The Labute approximate surface area is 101 Å². The molecule has 9 heteroatoms. The molecule has 5 nitrogen and oxygen atoms in total. The van der Waals surface area contributed by atoms with Gasteiger partial charge in [0.05, 0.1) is 6.10 Å². The Morgan fingerprint density at radius 2 is 2.00 bits per heavy atom. The standard InChI is InChI=1S/C9H9F3N2O3S/c10-9(11,12)8-7(17-5-1-2-5)3-6(4-14-8)18(13,15)16/h3-5H,1-2H2,(H2,13,15,16). The van der Waals surface area contributed by atoms with Crippen LogP contribution in [0.15, 0.2) is 17.2 Å². The molecule has 100 valence electrons. The van der Waals surface area contributed by atoms with Crippen molar-refractivity contribution in [3.8, 4) is 5.75 Å². The largest absolute Gasteiger partial charge is 0.488 e. The van der Waals surface area contributed by atoms with Gasteiger partial charge in [-0.25, -0.2) is 18.5 Å². The summed E-state index contributed by atoms with van der Waals surface area (Å²) in [7, 11) is -4.11. The van der Waals surface area contributed by atoms with Gasteiger partial charge in [-0.2, -0.15) is 13.2 Å². The van der Waals surface area contributed by atoms with E-state index in [4.69, 9.17) is 9.88 Å². The Morgan fingerprint density at radius 1 is 1.39 bits per heavy atom. The maximum atomic E-state index is 12.6. The van der Waals surface area contributed by atoms with Gasteiger partial charge in [-0.3, -0.25) is 0 Å². The van der Waals surface area contributed by atoms with Gasteiger partial charge in [-0.1, -0.05) is 0 Å². The van der Waals surface area contributed by atoms with E-state index in [9.17, 15) is 21.6 Å². The maximum absolute atomic E-state index is 12.6. The second-order valence-corrected chi connectivity index (χ2v) is 5.44. The summed E-state index contributed by atoms with van der Waals surface area (Å²) in [6.45, 7) is 0. The lowest BCUT2D eigenvalue weighted by molar-refractivity contribution is -0.142. The number of hydrogen-bond donors (Lipinski definition) is 1. The Bertz CT molecular complexity index is 567. The molecule has 1 aromatic heterocycles. The molecule has 1 saturated carbocycles. The van der Waals surface area contributed by atoms with Gasteiger partial charge in [0.2, 0.25) is 10.0 Å². The van der Waals surface area contributed by atoms with Gasteiger partial charge in [0.15, 0.2) is 11.4 Å². The van der Waals surface area contributed by atoms with Crippen molar-refractivity contribution < 1.29 is 26.3 Å². The molecule has 0 atom stereocenters. The average Bonchev–Trinajstić information content (AvgIpc) is 2.98. The number of ether oxygens (including phenoxy) is 1. The van der Waals surface area contributed by atoms with Crippen LogP contribution in [-0.2, 0) is 16.2 Å². The number of pyridine rings is 1. The first kappa shape index (κ1) is 13.1. The van der Waals surface area contributed by atoms with Crippen LogP contribution in [0.1, 0.15) is 18.5 Å². The van der Waals surface area contributed by atoms with Crippen molar-refractivity contribution in [1.82, 2.24) is 4.98 Å². The van der Waals surface area contributed by atoms with E-state index in [1.165, 1.54) is 0 Å². The van der Waals surface area contributed by atoms with Gasteiger partial charge >= 0.3 is 6.18 Å². The SMILES string of the molecule is NS(=O)(=O)c1cnc(C(F)(F)F)c(OC2CC2)c1. The first-order chi connectivity index (χ1) is 8.18. The highest BCUT2D eigenvalue weighted by Gasteiger charge is 2.38. The van der Waals surface area contributed by atoms with E-state index in [1.54, 1.807) is 0 Å². The van der Waals surface area contributed by atoms with Gasteiger partial charge in [0.1, 0.15) is 4.90 Å². The molecule has 1 heterocycles. The molecule has 0 amide bonds. The number of halogens is 3. The number of nitrogens with two attached hydrogens (primary N) is 1.